The number of urea groups is 1. The van der Waals surface area contributed by atoms with Crippen LogP contribution >= 0.6 is 0 Å². The molecule has 0 bridgehead atoms. The van der Waals surface area contributed by atoms with Gasteiger partial charge in [0.05, 0.1) is 0 Å². The molecule has 3 rings (SSSR count). The predicted octanol–water partition coefficient (Wildman–Crippen LogP) is 3.86. The summed E-state index contributed by atoms with van der Waals surface area (Å²) in [6.07, 6.45) is 0. The van der Waals surface area contributed by atoms with Gasteiger partial charge >= 0.3 is 6.03 Å². The van der Waals surface area contributed by atoms with E-state index in [1.54, 1.807) is 24.3 Å². The Morgan fingerprint density at radius 3 is 2.15 bits per heavy atom. The second-order valence-corrected chi connectivity index (χ2v) is 6.78. The first-order valence-corrected chi connectivity index (χ1v) is 8.94. The van der Waals surface area contributed by atoms with Crippen LogP contribution in [-0.4, -0.2) is 42.9 Å². The van der Waals surface area contributed by atoms with E-state index in [9.17, 15) is 9.59 Å². The van der Waals surface area contributed by atoms with Crippen molar-refractivity contribution in [1.29, 1.82) is 0 Å². The number of ketones is 1. The number of carbonyl (C=O) groups excluding carboxylic acids is 2. The van der Waals surface area contributed by atoms with Gasteiger partial charge < -0.3 is 15.1 Å². The third-order valence-corrected chi connectivity index (χ3v) is 4.84. The standard InChI is InChI=1S/C21H25N3O2/c1-15-6-4-7-16(2)20(15)23-10-12-24(13-11-23)21(26)22-19-9-5-8-18(14-19)17(3)25/h4-9,14H,10-13H2,1-3H3,(H,22,26). The molecular weight excluding hydrogens is 326 g/mol. The fraction of sp³-hybridized carbons (Fsp3) is 0.333. The Bertz CT molecular complexity index is 804. The molecule has 0 atom stereocenters. The Labute approximate surface area is 154 Å². The van der Waals surface area contributed by atoms with Crippen LogP contribution in [0.3, 0.4) is 0 Å². The van der Waals surface area contributed by atoms with Crippen molar-refractivity contribution in [2.45, 2.75) is 20.8 Å². The predicted molar refractivity (Wildman–Crippen MR) is 105 cm³/mol. The molecule has 1 N–H and O–H groups in total. The normalized spacial score (nSPS) is 14.3. The van der Waals surface area contributed by atoms with Crippen molar-refractivity contribution >= 4 is 23.2 Å². The molecule has 1 fully saturated rings. The van der Waals surface area contributed by atoms with Crippen molar-refractivity contribution in [3.8, 4) is 0 Å². The number of hydrogen-bond donors (Lipinski definition) is 1. The minimum atomic E-state index is -0.119. The smallest absolute Gasteiger partial charge is 0.321 e. The number of para-hydroxylation sites is 1. The molecule has 1 aliphatic heterocycles. The Morgan fingerprint density at radius 2 is 1.54 bits per heavy atom. The van der Waals surface area contributed by atoms with Crippen molar-refractivity contribution < 1.29 is 9.59 Å². The number of hydrogen-bond acceptors (Lipinski definition) is 3. The zero-order valence-electron chi connectivity index (χ0n) is 15.6. The topological polar surface area (TPSA) is 52.7 Å². The summed E-state index contributed by atoms with van der Waals surface area (Å²) in [5.41, 5.74) is 5.07. The number of nitrogens with one attached hydrogen (secondary N) is 1. The number of benzene rings is 2. The molecule has 5 heteroatoms. The van der Waals surface area contributed by atoms with E-state index in [0.717, 1.165) is 13.1 Å². The zero-order valence-corrected chi connectivity index (χ0v) is 15.6. The molecule has 2 amide bonds. The second kappa shape index (κ2) is 7.60. The molecule has 0 spiro atoms. The lowest BCUT2D eigenvalue weighted by atomic mass is 10.1. The van der Waals surface area contributed by atoms with Gasteiger partial charge in [0.2, 0.25) is 0 Å². The highest BCUT2D eigenvalue weighted by molar-refractivity contribution is 5.96. The van der Waals surface area contributed by atoms with E-state index in [0.29, 0.717) is 24.3 Å². The van der Waals surface area contributed by atoms with E-state index in [1.165, 1.54) is 23.7 Å². The summed E-state index contributed by atoms with van der Waals surface area (Å²) in [6, 6.07) is 13.3. The Balaban J connectivity index is 1.62. The van der Waals surface area contributed by atoms with Crippen molar-refractivity contribution in [2.75, 3.05) is 36.4 Å². The minimum Gasteiger partial charge on any atom is -0.368 e. The highest BCUT2D eigenvalue weighted by Gasteiger charge is 2.23. The summed E-state index contributed by atoms with van der Waals surface area (Å²) in [5, 5.41) is 2.90. The highest BCUT2D eigenvalue weighted by Crippen LogP contribution is 2.25. The van der Waals surface area contributed by atoms with Crippen LogP contribution in [0.1, 0.15) is 28.4 Å². The molecule has 136 valence electrons. The van der Waals surface area contributed by atoms with Crippen molar-refractivity contribution in [3.05, 3.63) is 59.2 Å². The van der Waals surface area contributed by atoms with Gasteiger partial charge in [-0.25, -0.2) is 4.79 Å². The van der Waals surface area contributed by atoms with Gasteiger partial charge in [-0.3, -0.25) is 4.79 Å². The maximum Gasteiger partial charge on any atom is 0.321 e. The van der Waals surface area contributed by atoms with E-state index >= 15 is 0 Å². The number of aryl methyl sites for hydroxylation is 2. The number of carbonyl (C=O) groups is 2. The SMILES string of the molecule is CC(=O)c1cccc(NC(=O)N2CCN(c3c(C)cccc3C)CC2)c1. The lowest BCUT2D eigenvalue weighted by Gasteiger charge is -2.37. The molecule has 2 aromatic carbocycles. The molecular formula is C21H25N3O2. The molecule has 0 aliphatic carbocycles. The van der Waals surface area contributed by atoms with Crippen LogP contribution in [0.5, 0.6) is 0 Å². The fourth-order valence-electron chi connectivity index (χ4n) is 3.46. The Kier molecular flexibility index (Phi) is 5.26. The van der Waals surface area contributed by atoms with E-state index < -0.39 is 0 Å². The monoisotopic (exact) mass is 351 g/mol. The summed E-state index contributed by atoms with van der Waals surface area (Å²) in [7, 11) is 0. The molecule has 26 heavy (non-hydrogen) atoms. The summed E-state index contributed by atoms with van der Waals surface area (Å²) in [6.45, 7) is 8.75. The zero-order chi connectivity index (χ0) is 18.7. The molecule has 1 heterocycles. The van der Waals surface area contributed by atoms with Gasteiger partial charge in [-0.2, -0.15) is 0 Å². The van der Waals surface area contributed by atoms with Crippen LogP contribution < -0.4 is 10.2 Å². The molecule has 0 unspecified atom stereocenters. The first kappa shape index (κ1) is 18.0. The third-order valence-electron chi connectivity index (χ3n) is 4.84. The van der Waals surface area contributed by atoms with Crippen LogP contribution in [-0.2, 0) is 0 Å². The summed E-state index contributed by atoms with van der Waals surface area (Å²) >= 11 is 0. The number of Topliss-reactive ketones (excluding diaryl/α,β-unsaturated/α-hetero) is 1. The summed E-state index contributed by atoms with van der Waals surface area (Å²) in [5.74, 6) is -0.0108. The van der Waals surface area contributed by atoms with Crippen molar-refractivity contribution in [1.82, 2.24) is 4.90 Å². The molecule has 0 saturated carbocycles. The number of nitrogens with zero attached hydrogens (tertiary/aromatic N) is 2. The first-order valence-electron chi connectivity index (χ1n) is 8.94. The van der Waals surface area contributed by atoms with Crippen molar-refractivity contribution in [2.24, 2.45) is 0 Å². The molecule has 2 aromatic rings. The largest absolute Gasteiger partial charge is 0.368 e. The molecule has 0 radical (unpaired) electrons. The minimum absolute atomic E-state index is 0.0108. The number of rotatable bonds is 3. The van der Waals surface area contributed by atoms with Crippen LogP contribution in [0, 0.1) is 13.8 Å². The maximum absolute atomic E-state index is 12.5. The Morgan fingerprint density at radius 1 is 0.923 bits per heavy atom. The first-order chi connectivity index (χ1) is 12.5. The van der Waals surface area contributed by atoms with Gasteiger partial charge in [0, 0.05) is 43.1 Å². The Hall–Kier alpha value is -2.82. The average Bonchev–Trinajstić information content (AvgIpc) is 2.62. The quantitative estimate of drug-likeness (QED) is 0.855. The van der Waals surface area contributed by atoms with E-state index in [4.69, 9.17) is 0 Å². The summed E-state index contributed by atoms with van der Waals surface area (Å²) < 4.78 is 0. The van der Waals surface area contributed by atoms with Crippen LogP contribution in [0.25, 0.3) is 0 Å². The van der Waals surface area contributed by atoms with Crippen LogP contribution in [0.2, 0.25) is 0 Å². The van der Waals surface area contributed by atoms with E-state index in [1.807, 2.05) is 4.90 Å². The van der Waals surface area contributed by atoms with Gasteiger partial charge in [0.15, 0.2) is 5.78 Å². The summed E-state index contributed by atoms with van der Waals surface area (Å²) in [4.78, 5) is 28.2. The highest BCUT2D eigenvalue weighted by atomic mass is 16.2. The maximum atomic E-state index is 12.5. The van der Waals surface area contributed by atoms with E-state index in [2.05, 4.69) is 42.3 Å². The average molecular weight is 351 g/mol. The van der Waals surface area contributed by atoms with Crippen LogP contribution in [0.15, 0.2) is 42.5 Å². The lowest BCUT2D eigenvalue weighted by molar-refractivity contribution is 0.101. The number of piperazine rings is 1. The molecule has 1 saturated heterocycles. The van der Waals surface area contributed by atoms with Crippen LogP contribution in [0.4, 0.5) is 16.2 Å². The van der Waals surface area contributed by atoms with Gasteiger partial charge in [-0.15, -0.1) is 0 Å². The molecule has 0 aromatic heterocycles. The number of anilines is 2. The van der Waals surface area contributed by atoms with Gasteiger partial charge in [0.1, 0.15) is 0 Å². The fourth-order valence-corrected chi connectivity index (χ4v) is 3.46. The lowest BCUT2D eigenvalue weighted by Crippen LogP contribution is -2.50. The van der Waals surface area contributed by atoms with Crippen molar-refractivity contribution in [3.63, 3.8) is 0 Å². The molecule has 1 aliphatic rings. The van der Waals surface area contributed by atoms with E-state index in [-0.39, 0.29) is 11.8 Å². The second-order valence-electron chi connectivity index (χ2n) is 6.78. The number of amides is 2. The van der Waals surface area contributed by atoms with Gasteiger partial charge in [-0.1, -0.05) is 30.3 Å². The molecule has 5 nitrogen and oxygen atoms in total. The van der Waals surface area contributed by atoms with Gasteiger partial charge in [0.25, 0.3) is 0 Å². The third kappa shape index (κ3) is 3.87. The van der Waals surface area contributed by atoms with Gasteiger partial charge in [-0.05, 0) is 44.0 Å².